The average molecular weight is 266 g/mol. The lowest BCUT2D eigenvalue weighted by molar-refractivity contribution is -0.384. The van der Waals surface area contributed by atoms with Gasteiger partial charge in [0.2, 0.25) is 11.7 Å². The van der Waals surface area contributed by atoms with E-state index in [0.717, 1.165) is 6.42 Å². The third-order valence-electron chi connectivity index (χ3n) is 3.01. The molecule has 0 aliphatic heterocycles. The minimum Gasteiger partial charge on any atom is -0.368 e. The molecular formula is C12H18N4O3. The molecule has 1 aromatic rings. The number of aryl methyl sites for hydroxylation is 1. The summed E-state index contributed by atoms with van der Waals surface area (Å²) in [6, 6.07) is 0.725. The van der Waals surface area contributed by atoms with Gasteiger partial charge in [0, 0.05) is 12.3 Å². The van der Waals surface area contributed by atoms with E-state index in [0.29, 0.717) is 5.56 Å². The van der Waals surface area contributed by atoms with E-state index in [1.54, 1.807) is 6.92 Å². The third kappa shape index (κ3) is 3.64. The molecular weight excluding hydrogens is 248 g/mol. The minimum absolute atomic E-state index is 0.0415. The Morgan fingerprint density at radius 3 is 2.74 bits per heavy atom. The smallest absolute Gasteiger partial charge is 0.311 e. The summed E-state index contributed by atoms with van der Waals surface area (Å²) in [4.78, 5) is 25.8. The molecule has 0 unspecified atom stereocenters. The predicted molar refractivity (Wildman–Crippen MR) is 71.7 cm³/mol. The van der Waals surface area contributed by atoms with Gasteiger partial charge in [0.1, 0.15) is 6.04 Å². The molecule has 7 heteroatoms. The summed E-state index contributed by atoms with van der Waals surface area (Å²) in [5, 5.41) is 13.8. The first kappa shape index (κ1) is 14.9. The van der Waals surface area contributed by atoms with Crippen LogP contribution in [-0.4, -0.2) is 21.9 Å². The standard InChI is InChI=1S/C12H18N4O3/c1-4-8(3)10(11(13)17)15-12-9(16(18)19)5-7(2)6-14-12/h5-6,8,10H,4H2,1-3H3,(H2,13,17)(H,14,15)/t8-,10+/m1/s1. The van der Waals surface area contributed by atoms with Gasteiger partial charge in [0.15, 0.2) is 0 Å². The molecule has 1 amide bonds. The second kappa shape index (κ2) is 6.12. The summed E-state index contributed by atoms with van der Waals surface area (Å²) in [6.45, 7) is 5.48. The fourth-order valence-corrected chi connectivity index (χ4v) is 1.68. The molecule has 1 aromatic heterocycles. The maximum atomic E-state index is 11.4. The van der Waals surface area contributed by atoms with Gasteiger partial charge in [-0.15, -0.1) is 0 Å². The van der Waals surface area contributed by atoms with Gasteiger partial charge in [-0.25, -0.2) is 4.98 Å². The number of nitrogens with two attached hydrogens (primary N) is 1. The van der Waals surface area contributed by atoms with Crippen LogP contribution in [0.2, 0.25) is 0 Å². The molecule has 0 saturated heterocycles. The van der Waals surface area contributed by atoms with Crippen LogP contribution in [0.4, 0.5) is 11.5 Å². The van der Waals surface area contributed by atoms with E-state index >= 15 is 0 Å². The number of primary amides is 1. The number of nitrogens with zero attached hydrogens (tertiary/aromatic N) is 2. The Hall–Kier alpha value is -2.18. The van der Waals surface area contributed by atoms with Crippen molar-refractivity contribution in [3.8, 4) is 0 Å². The zero-order valence-electron chi connectivity index (χ0n) is 11.2. The van der Waals surface area contributed by atoms with Crippen molar-refractivity contribution in [2.75, 3.05) is 5.32 Å². The van der Waals surface area contributed by atoms with Crippen molar-refractivity contribution in [3.63, 3.8) is 0 Å². The number of pyridine rings is 1. The highest BCUT2D eigenvalue weighted by Crippen LogP contribution is 2.24. The maximum absolute atomic E-state index is 11.4. The van der Waals surface area contributed by atoms with E-state index in [-0.39, 0.29) is 17.4 Å². The van der Waals surface area contributed by atoms with Crippen LogP contribution in [-0.2, 0) is 4.79 Å². The fraction of sp³-hybridized carbons (Fsp3) is 0.500. The molecule has 0 aliphatic rings. The molecule has 0 radical (unpaired) electrons. The number of hydrogen-bond acceptors (Lipinski definition) is 5. The lowest BCUT2D eigenvalue weighted by Gasteiger charge is -2.21. The van der Waals surface area contributed by atoms with Gasteiger partial charge in [0.25, 0.3) is 0 Å². The zero-order chi connectivity index (χ0) is 14.6. The summed E-state index contributed by atoms with van der Waals surface area (Å²) >= 11 is 0. The van der Waals surface area contributed by atoms with Crippen molar-refractivity contribution in [2.45, 2.75) is 33.2 Å². The van der Waals surface area contributed by atoms with Gasteiger partial charge in [-0.1, -0.05) is 20.3 Å². The normalized spacial score (nSPS) is 13.6. The van der Waals surface area contributed by atoms with Crippen LogP contribution >= 0.6 is 0 Å². The van der Waals surface area contributed by atoms with E-state index in [1.807, 2.05) is 13.8 Å². The monoisotopic (exact) mass is 266 g/mol. The Kier molecular flexibility index (Phi) is 4.80. The van der Waals surface area contributed by atoms with E-state index in [1.165, 1.54) is 12.3 Å². The van der Waals surface area contributed by atoms with E-state index in [9.17, 15) is 14.9 Å². The SMILES string of the molecule is CC[C@@H](C)[C@H](Nc1ncc(C)cc1[N+](=O)[O-])C(N)=O. The van der Waals surface area contributed by atoms with Crippen molar-refractivity contribution in [3.05, 3.63) is 27.9 Å². The first-order valence-corrected chi connectivity index (χ1v) is 6.03. The maximum Gasteiger partial charge on any atom is 0.311 e. The summed E-state index contributed by atoms with van der Waals surface area (Å²) in [5.74, 6) is -0.522. The predicted octanol–water partition coefficient (Wildman–Crippen LogP) is 1.61. The van der Waals surface area contributed by atoms with Crippen LogP contribution in [0.15, 0.2) is 12.3 Å². The number of nitrogens with one attached hydrogen (secondary N) is 1. The number of carbonyl (C=O) groups is 1. The van der Waals surface area contributed by atoms with Crippen molar-refractivity contribution in [1.82, 2.24) is 4.98 Å². The van der Waals surface area contributed by atoms with Crippen LogP contribution in [0.5, 0.6) is 0 Å². The summed E-state index contributed by atoms with van der Waals surface area (Å²) in [5.41, 5.74) is 5.84. The number of amides is 1. The van der Waals surface area contributed by atoms with Gasteiger partial charge in [-0.05, 0) is 18.4 Å². The minimum atomic E-state index is -0.682. The van der Waals surface area contributed by atoms with Crippen LogP contribution < -0.4 is 11.1 Å². The van der Waals surface area contributed by atoms with Crippen molar-refractivity contribution in [2.24, 2.45) is 11.7 Å². The Morgan fingerprint density at radius 1 is 1.63 bits per heavy atom. The number of carbonyl (C=O) groups excluding carboxylic acids is 1. The highest BCUT2D eigenvalue weighted by molar-refractivity contribution is 5.83. The first-order valence-electron chi connectivity index (χ1n) is 6.03. The molecule has 1 rings (SSSR count). The van der Waals surface area contributed by atoms with Gasteiger partial charge < -0.3 is 11.1 Å². The molecule has 0 bridgehead atoms. The van der Waals surface area contributed by atoms with Gasteiger partial charge in [-0.3, -0.25) is 14.9 Å². The molecule has 3 N–H and O–H groups in total. The lowest BCUT2D eigenvalue weighted by atomic mass is 9.98. The van der Waals surface area contributed by atoms with E-state index in [2.05, 4.69) is 10.3 Å². The molecule has 1 heterocycles. The Bertz CT molecular complexity index is 490. The summed E-state index contributed by atoms with van der Waals surface area (Å²) in [7, 11) is 0. The zero-order valence-corrected chi connectivity index (χ0v) is 11.2. The molecule has 0 fully saturated rings. The van der Waals surface area contributed by atoms with Crippen molar-refractivity contribution < 1.29 is 9.72 Å². The fourth-order valence-electron chi connectivity index (χ4n) is 1.68. The largest absolute Gasteiger partial charge is 0.368 e. The molecule has 0 spiro atoms. The highest BCUT2D eigenvalue weighted by atomic mass is 16.6. The van der Waals surface area contributed by atoms with E-state index < -0.39 is 16.9 Å². The Balaban J connectivity index is 3.09. The van der Waals surface area contributed by atoms with Crippen molar-refractivity contribution in [1.29, 1.82) is 0 Å². The molecule has 0 aromatic carbocycles. The lowest BCUT2D eigenvalue weighted by Crippen LogP contribution is -2.40. The number of aromatic nitrogens is 1. The van der Waals surface area contributed by atoms with Gasteiger partial charge >= 0.3 is 5.69 Å². The molecule has 7 nitrogen and oxygen atoms in total. The number of anilines is 1. The summed E-state index contributed by atoms with van der Waals surface area (Å²) in [6.07, 6.45) is 2.23. The van der Waals surface area contributed by atoms with Crippen LogP contribution in [0.25, 0.3) is 0 Å². The topological polar surface area (TPSA) is 111 Å². The second-order valence-corrected chi connectivity index (χ2v) is 4.55. The van der Waals surface area contributed by atoms with Crippen molar-refractivity contribution >= 4 is 17.4 Å². The van der Waals surface area contributed by atoms with Crippen LogP contribution in [0.3, 0.4) is 0 Å². The number of hydrogen-bond donors (Lipinski definition) is 2. The average Bonchev–Trinajstić information content (AvgIpc) is 2.35. The molecule has 2 atom stereocenters. The molecule has 0 saturated carbocycles. The Morgan fingerprint density at radius 2 is 2.26 bits per heavy atom. The molecule has 0 aliphatic carbocycles. The summed E-state index contributed by atoms with van der Waals surface area (Å²) < 4.78 is 0. The van der Waals surface area contributed by atoms with Gasteiger partial charge in [0.05, 0.1) is 4.92 Å². The second-order valence-electron chi connectivity index (χ2n) is 4.55. The third-order valence-corrected chi connectivity index (χ3v) is 3.01. The van der Waals surface area contributed by atoms with Gasteiger partial charge in [-0.2, -0.15) is 0 Å². The Labute approximate surface area is 111 Å². The van der Waals surface area contributed by atoms with Crippen LogP contribution in [0.1, 0.15) is 25.8 Å². The quantitative estimate of drug-likeness (QED) is 0.600. The first-order chi connectivity index (χ1) is 8.86. The highest BCUT2D eigenvalue weighted by Gasteiger charge is 2.25. The van der Waals surface area contributed by atoms with E-state index in [4.69, 9.17) is 5.73 Å². The number of rotatable bonds is 6. The molecule has 19 heavy (non-hydrogen) atoms. The van der Waals surface area contributed by atoms with Crippen LogP contribution in [0, 0.1) is 23.0 Å². The molecule has 104 valence electrons. The number of nitro groups is 1.